The molecule has 0 unspecified atom stereocenters. The molecule has 2 aromatic carbocycles. The van der Waals surface area contributed by atoms with E-state index in [0.29, 0.717) is 16.7 Å². The Morgan fingerprint density at radius 2 is 1.78 bits per heavy atom. The highest BCUT2D eigenvalue weighted by atomic mass is 79.9. The Bertz CT molecular complexity index is 540. The number of halogens is 2. The SMILES string of the molecule is OCc1cc(Br)ccc1[C@H](O)c1ccc(F)cc1. The van der Waals surface area contributed by atoms with E-state index in [2.05, 4.69) is 15.9 Å². The van der Waals surface area contributed by atoms with E-state index >= 15 is 0 Å². The largest absolute Gasteiger partial charge is 0.392 e. The molecule has 0 aromatic heterocycles. The van der Waals surface area contributed by atoms with Gasteiger partial charge < -0.3 is 10.2 Å². The van der Waals surface area contributed by atoms with Gasteiger partial charge in [0.25, 0.3) is 0 Å². The highest BCUT2D eigenvalue weighted by Gasteiger charge is 2.14. The first kappa shape index (κ1) is 13.2. The van der Waals surface area contributed by atoms with E-state index in [1.807, 2.05) is 0 Å². The molecule has 0 bridgehead atoms. The monoisotopic (exact) mass is 310 g/mol. The third-order valence-electron chi connectivity index (χ3n) is 2.76. The van der Waals surface area contributed by atoms with Crippen molar-refractivity contribution in [3.05, 3.63) is 69.4 Å². The summed E-state index contributed by atoms with van der Waals surface area (Å²) in [6.07, 6.45) is -0.874. The third kappa shape index (κ3) is 2.77. The average Bonchev–Trinajstić information content (AvgIpc) is 2.38. The van der Waals surface area contributed by atoms with Crippen LogP contribution in [0.3, 0.4) is 0 Å². The third-order valence-corrected chi connectivity index (χ3v) is 3.25. The minimum absolute atomic E-state index is 0.160. The van der Waals surface area contributed by atoms with Gasteiger partial charge >= 0.3 is 0 Å². The molecule has 18 heavy (non-hydrogen) atoms. The molecule has 0 aliphatic carbocycles. The van der Waals surface area contributed by atoms with Crippen molar-refractivity contribution >= 4 is 15.9 Å². The molecule has 0 aliphatic rings. The first-order valence-corrected chi connectivity index (χ1v) is 6.24. The second kappa shape index (κ2) is 5.61. The van der Waals surface area contributed by atoms with Gasteiger partial charge in [0.05, 0.1) is 6.61 Å². The van der Waals surface area contributed by atoms with Gasteiger partial charge in [-0.1, -0.05) is 34.1 Å². The molecule has 0 amide bonds. The summed E-state index contributed by atoms with van der Waals surface area (Å²) in [4.78, 5) is 0. The summed E-state index contributed by atoms with van der Waals surface area (Å²) in [5.74, 6) is -0.343. The van der Waals surface area contributed by atoms with Crippen molar-refractivity contribution in [2.75, 3.05) is 0 Å². The zero-order chi connectivity index (χ0) is 13.1. The Balaban J connectivity index is 2.39. The van der Waals surface area contributed by atoms with Crippen LogP contribution in [0.25, 0.3) is 0 Å². The first-order chi connectivity index (χ1) is 8.61. The standard InChI is InChI=1S/C14H12BrFO2/c15-11-3-6-13(10(7-11)8-17)14(18)9-1-4-12(16)5-2-9/h1-7,14,17-18H,8H2/t14-/m1/s1. The summed E-state index contributed by atoms with van der Waals surface area (Å²) in [6, 6.07) is 10.9. The van der Waals surface area contributed by atoms with Gasteiger partial charge in [0.1, 0.15) is 11.9 Å². The number of benzene rings is 2. The Morgan fingerprint density at radius 1 is 1.11 bits per heavy atom. The maximum atomic E-state index is 12.8. The fourth-order valence-corrected chi connectivity index (χ4v) is 2.21. The van der Waals surface area contributed by atoms with Crippen LogP contribution in [-0.2, 0) is 6.61 Å². The molecule has 0 aliphatic heterocycles. The van der Waals surface area contributed by atoms with Crippen molar-refractivity contribution in [1.82, 2.24) is 0 Å². The molecule has 2 aromatic rings. The molecule has 1 atom stereocenters. The van der Waals surface area contributed by atoms with Gasteiger partial charge in [-0.3, -0.25) is 0 Å². The zero-order valence-corrected chi connectivity index (χ0v) is 11.1. The highest BCUT2D eigenvalue weighted by molar-refractivity contribution is 9.10. The topological polar surface area (TPSA) is 40.5 Å². The summed E-state index contributed by atoms with van der Waals surface area (Å²) < 4.78 is 13.7. The molecule has 2 nitrogen and oxygen atoms in total. The van der Waals surface area contributed by atoms with E-state index in [1.54, 1.807) is 18.2 Å². The van der Waals surface area contributed by atoms with Gasteiger partial charge in [-0.05, 0) is 41.0 Å². The van der Waals surface area contributed by atoms with Gasteiger partial charge in [0.15, 0.2) is 0 Å². The van der Waals surface area contributed by atoms with Crippen molar-refractivity contribution in [3.63, 3.8) is 0 Å². The van der Waals surface area contributed by atoms with Crippen molar-refractivity contribution in [2.45, 2.75) is 12.7 Å². The molecule has 4 heteroatoms. The first-order valence-electron chi connectivity index (χ1n) is 5.44. The predicted molar refractivity (Wildman–Crippen MR) is 70.5 cm³/mol. The van der Waals surface area contributed by atoms with Crippen LogP contribution >= 0.6 is 15.9 Å². The van der Waals surface area contributed by atoms with E-state index in [-0.39, 0.29) is 12.4 Å². The smallest absolute Gasteiger partial charge is 0.123 e. The Hall–Kier alpha value is -1.23. The summed E-state index contributed by atoms with van der Waals surface area (Å²) in [5.41, 5.74) is 1.85. The van der Waals surface area contributed by atoms with E-state index in [1.165, 1.54) is 24.3 Å². The maximum Gasteiger partial charge on any atom is 0.123 e. The van der Waals surface area contributed by atoms with E-state index in [9.17, 15) is 14.6 Å². The summed E-state index contributed by atoms with van der Waals surface area (Å²) in [7, 11) is 0. The average molecular weight is 311 g/mol. The predicted octanol–water partition coefficient (Wildman–Crippen LogP) is 3.16. The molecule has 94 valence electrons. The lowest BCUT2D eigenvalue weighted by Crippen LogP contribution is -2.04. The van der Waals surface area contributed by atoms with E-state index < -0.39 is 6.10 Å². The van der Waals surface area contributed by atoms with Crippen molar-refractivity contribution < 1.29 is 14.6 Å². The molecular formula is C14H12BrFO2. The number of aliphatic hydroxyl groups is 2. The van der Waals surface area contributed by atoms with Crippen LogP contribution in [-0.4, -0.2) is 10.2 Å². The number of aliphatic hydroxyl groups excluding tert-OH is 2. The highest BCUT2D eigenvalue weighted by Crippen LogP contribution is 2.27. The van der Waals surface area contributed by atoms with Gasteiger partial charge in [0.2, 0.25) is 0 Å². The number of rotatable bonds is 3. The quantitative estimate of drug-likeness (QED) is 0.914. The molecule has 0 spiro atoms. The van der Waals surface area contributed by atoms with Gasteiger partial charge in [0, 0.05) is 4.47 Å². The summed E-state index contributed by atoms with van der Waals surface area (Å²) >= 11 is 3.31. The summed E-state index contributed by atoms with van der Waals surface area (Å²) in [6.45, 7) is -0.160. The Morgan fingerprint density at radius 3 is 2.39 bits per heavy atom. The van der Waals surface area contributed by atoms with Crippen molar-refractivity contribution in [2.24, 2.45) is 0 Å². The number of hydrogen-bond donors (Lipinski definition) is 2. The maximum absolute atomic E-state index is 12.8. The normalized spacial score (nSPS) is 12.4. The van der Waals surface area contributed by atoms with E-state index in [4.69, 9.17) is 0 Å². The Kier molecular flexibility index (Phi) is 4.11. The van der Waals surface area contributed by atoms with Crippen LogP contribution in [0.4, 0.5) is 4.39 Å². The molecule has 2 rings (SSSR count). The van der Waals surface area contributed by atoms with Crippen LogP contribution in [0, 0.1) is 5.82 Å². The molecule has 0 radical (unpaired) electrons. The molecule has 0 saturated carbocycles. The fraction of sp³-hybridized carbons (Fsp3) is 0.143. The van der Waals surface area contributed by atoms with Crippen LogP contribution in [0.5, 0.6) is 0 Å². The molecule has 0 saturated heterocycles. The minimum Gasteiger partial charge on any atom is -0.392 e. The van der Waals surface area contributed by atoms with Crippen molar-refractivity contribution in [1.29, 1.82) is 0 Å². The van der Waals surface area contributed by atoms with Crippen LogP contribution in [0.15, 0.2) is 46.9 Å². The van der Waals surface area contributed by atoms with Crippen molar-refractivity contribution in [3.8, 4) is 0 Å². The summed E-state index contributed by atoms with van der Waals surface area (Å²) in [5, 5.41) is 19.5. The zero-order valence-electron chi connectivity index (χ0n) is 9.48. The lowest BCUT2D eigenvalue weighted by Gasteiger charge is -2.15. The minimum atomic E-state index is -0.874. The van der Waals surface area contributed by atoms with Crippen LogP contribution in [0.1, 0.15) is 22.8 Å². The van der Waals surface area contributed by atoms with Gasteiger partial charge in [-0.25, -0.2) is 4.39 Å². The van der Waals surface area contributed by atoms with Gasteiger partial charge in [-0.15, -0.1) is 0 Å². The molecule has 2 N–H and O–H groups in total. The molecule has 0 fully saturated rings. The fourth-order valence-electron chi connectivity index (χ4n) is 1.80. The van der Waals surface area contributed by atoms with Crippen LogP contribution in [0.2, 0.25) is 0 Å². The Labute approximate surface area is 113 Å². The second-order valence-corrected chi connectivity index (χ2v) is 4.87. The number of hydrogen-bond acceptors (Lipinski definition) is 2. The van der Waals surface area contributed by atoms with Crippen LogP contribution < -0.4 is 0 Å². The molecular weight excluding hydrogens is 299 g/mol. The second-order valence-electron chi connectivity index (χ2n) is 3.96. The molecule has 0 heterocycles. The lowest BCUT2D eigenvalue weighted by molar-refractivity contribution is 0.213. The van der Waals surface area contributed by atoms with E-state index in [0.717, 1.165) is 4.47 Å². The lowest BCUT2D eigenvalue weighted by atomic mass is 9.97. The van der Waals surface area contributed by atoms with Gasteiger partial charge in [-0.2, -0.15) is 0 Å².